The zero-order valence-electron chi connectivity index (χ0n) is 6.98. The molecule has 1 aromatic rings. The fourth-order valence-electron chi connectivity index (χ4n) is 0.816. The highest BCUT2D eigenvalue weighted by atomic mass is 32.2. The molecule has 0 aliphatic carbocycles. The van der Waals surface area contributed by atoms with Crippen molar-refractivity contribution in [2.24, 2.45) is 0 Å². The molecule has 0 unspecified atom stereocenters. The van der Waals surface area contributed by atoms with Gasteiger partial charge in [0, 0.05) is 4.90 Å². The maximum absolute atomic E-state index is 11.1. The van der Waals surface area contributed by atoms with Gasteiger partial charge in [-0.1, -0.05) is 17.7 Å². The summed E-state index contributed by atoms with van der Waals surface area (Å²) in [6.07, 6.45) is 0. The van der Waals surface area contributed by atoms with E-state index in [4.69, 9.17) is 0 Å². The molecule has 0 aliphatic heterocycles. The van der Waals surface area contributed by atoms with Crippen molar-refractivity contribution in [3.8, 4) is 0 Å². The van der Waals surface area contributed by atoms with E-state index < -0.39 is 10.0 Å². The van der Waals surface area contributed by atoms with Crippen LogP contribution in [0.25, 0.3) is 4.72 Å². The van der Waals surface area contributed by atoms with Crippen LogP contribution < -0.4 is 0 Å². The molecule has 12 heavy (non-hydrogen) atoms. The van der Waals surface area contributed by atoms with E-state index >= 15 is 0 Å². The summed E-state index contributed by atoms with van der Waals surface area (Å²) < 4.78 is 25.6. The van der Waals surface area contributed by atoms with Crippen LogP contribution in [0.15, 0.2) is 29.2 Å². The topological polar surface area (TPSA) is 48.2 Å². The van der Waals surface area contributed by atoms with Gasteiger partial charge in [0.25, 0.3) is 0 Å². The average molecular weight is 184 g/mol. The molecule has 0 saturated carbocycles. The second-order valence-electron chi connectivity index (χ2n) is 2.47. The molecular weight excluding hydrogens is 174 g/mol. The van der Waals surface area contributed by atoms with Gasteiger partial charge in [-0.2, -0.15) is 7.05 Å². The highest BCUT2D eigenvalue weighted by Gasteiger charge is 2.00. The molecule has 0 N–H and O–H groups in total. The van der Waals surface area contributed by atoms with Gasteiger partial charge in [-0.25, -0.2) is 8.42 Å². The van der Waals surface area contributed by atoms with Crippen LogP contribution in [0.2, 0.25) is 0 Å². The number of hydrogen-bond donors (Lipinski definition) is 0. The van der Waals surface area contributed by atoms with Gasteiger partial charge in [0.1, 0.15) is 10.0 Å². The molecule has 0 saturated heterocycles. The smallest absolute Gasteiger partial charge is 0.101 e. The Bertz CT molecular complexity index is 353. The summed E-state index contributed by atoms with van der Waals surface area (Å²) in [6.45, 7) is 1.90. The SMILES string of the molecule is C[N-]S(=O)(=O)c1ccc(C)cc1. The lowest BCUT2D eigenvalue weighted by atomic mass is 10.2. The molecule has 4 heteroatoms. The van der Waals surface area contributed by atoms with E-state index in [1.807, 2.05) is 6.92 Å². The minimum Gasteiger partial charge on any atom is -0.547 e. The molecule has 0 radical (unpaired) electrons. The Labute approximate surface area is 72.5 Å². The van der Waals surface area contributed by atoms with E-state index in [0.29, 0.717) is 0 Å². The lowest BCUT2D eigenvalue weighted by Crippen LogP contribution is -1.96. The predicted octanol–water partition coefficient (Wildman–Crippen LogP) is 1.69. The van der Waals surface area contributed by atoms with Crippen LogP contribution in [-0.2, 0) is 10.0 Å². The maximum Gasteiger partial charge on any atom is 0.101 e. The first-order chi connectivity index (χ1) is 5.56. The minimum absolute atomic E-state index is 0.246. The van der Waals surface area contributed by atoms with Crippen LogP contribution in [0, 0.1) is 6.92 Å². The fourth-order valence-corrected chi connectivity index (χ4v) is 1.51. The Morgan fingerprint density at radius 2 is 1.67 bits per heavy atom. The molecule has 0 spiro atoms. The van der Waals surface area contributed by atoms with E-state index in [9.17, 15) is 8.42 Å². The molecule has 3 nitrogen and oxygen atoms in total. The number of benzene rings is 1. The summed E-state index contributed by atoms with van der Waals surface area (Å²) in [5.74, 6) is 0. The highest BCUT2D eigenvalue weighted by molar-refractivity contribution is 7.94. The number of hydrogen-bond acceptors (Lipinski definition) is 2. The number of rotatable bonds is 2. The molecule has 0 atom stereocenters. The van der Waals surface area contributed by atoms with Crippen LogP contribution in [0.4, 0.5) is 0 Å². The molecule has 1 aromatic carbocycles. The van der Waals surface area contributed by atoms with Gasteiger partial charge in [0.05, 0.1) is 0 Å². The monoisotopic (exact) mass is 184 g/mol. The summed E-state index contributed by atoms with van der Waals surface area (Å²) >= 11 is 0. The standard InChI is InChI=1S/C8H10NO2S/c1-7-3-5-8(6-4-7)12(10,11)9-2/h3-6H,1-2H3/q-1. The van der Waals surface area contributed by atoms with Gasteiger partial charge in [0.2, 0.25) is 0 Å². The molecule has 0 bridgehead atoms. The second kappa shape index (κ2) is 3.25. The first-order valence-corrected chi connectivity index (χ1v) is 4.93. The third-order valence-electron chi connectivity index (χ3n) is 1.56. The summed E-state index contributed by atoms with van der Waals surface area (Å²) in [6, 6.07) is 6.60. The van der Waals surface area contributed by atoms with Crippen LogP contribution >= 0.6 is 0 Å². The van der Waals surface area contributed by atoms with Crippen LogP contribution in [-0.4, -0.2) is 15.5 Å². The van der Waals surface area contributed by atoms with Crippen molar-refractivity contribution in [3.63, 3.8) is 0 Å². The Hall–Kier alpha value is -0.870. The van der Waals surface area contributed by atoms with E-state index in [1.165, 1.54) is 7.05 Å². The molecule has 0 amide bonds. The third kappa shape index (κ3) is 1.84. The highest BCUT2D eigenvalue weighted by Crippen LogP contribution is 2.14. The Balaban J connectivity index is 3.14. The minimum atomic E-state index is -3.39. The van der Waals surface area contributed by atoms with Crippen molar-refractivity contribution < 1.29 is 8.42 Å². The third-order valence-corrected chi connectivity index (χ3v) is 2.91. The zero-order chi connectivity index (χ0) is 9.19. The van der Waals surface area contributed by atoms with Gasteiger partial charge in [0.15, 0.2) is 0 Å². The number of sulfonamides is 1. The van der Waals surface area contributed by atoms with Gasteiger partial charge >= 0.3 is 0 Å². The van der Waals surface area contributed by atoms with E-state index in [2.05, 4.69) is 4.72 Å². The average Bonchev–Trinajstić information content (AvgIpc) is 2.05. The summed E-state index contributed by atoms with van der Waals surface area (Å²) in [7, 11) is -2.12. The maximum atomic E-state index is 11.1. The number of nitrogens with zero attached hydrogens (tertiary/aromatic N) is 1. The van der Waals surface area contributed by atoms with Gasteiger partial charge in [-0.15, -0.1) is 0 Å². The lowest BCUT2D eigenvalue weighted by molar-refractivity contribution is 0.602. The molecule has 0 aromatic heterocycles. The first-order valence-electron chi connectivity index (χ1n) is 3.49. The van der Waals surface area contributed by atoms with Crippen molar-refractivity contribution >= 4 is 10.0 Å². The molecule has 1 rings (SSSR count). The normalized spacial score (nSPS) is 11.5. The van der Waals surface area contributed by atoms with Crippen LogP contribution in [0.3, 0.4) is 0 Å². The molecule has 0 aliphatic rings. The van der Waals surface area contributed by atoms with Crippen LogP contribution in [0.5, 0.6) is 0 Å². The van der Waals surface area contributed by atoms with E-state index in [-0.39, 0.29) is 4.90 Å². The summed E-state index contributed by atoms with van der Waals surface area (Å²) in [5.41, 5.74) is 1.03. The van der Waals surface area contributed by atoms with Crippen LogP contribution in [0.1, 0.15) is 5.56 Å². The van der Waals surface area contributed by atoms with E-state index in [0.717, 1.165) is 5.56 Å². The quantitative estimate of drug-likeness (QED) is 0.702. The molecule has 66 valence electrons. The van der Waals surface area contributed by atoms with Crippen molar-refractivity contribution in [3.05, 3.63) is 34.6 Å². The summed E-state index contributed by atoms with van der Waals surface area (Å²) in [4.78, 5) is 0.246. The summed E-state index contributed by atoms with van der Waals surface area (Å²) in [5, 5.41) is 0. The largest absolute Gasteiger partial charge is 0.547 e. The second-order valence-corrected chi connectivity index (χ2v) is 4.26. The van der Waals surface area contributed by atoms with E-state index in [1.54, 1.807) is 24.3 Å². The van der Waals surface area contributed by atoms with Gasteiger partial charge in [-0.3, -0.25) is 0 Å². The fraction of sp³-hybridized carbons (Fsp3) is 0.250. The molecule has 0 heterocycles. The van der Waals surface area contributed by atoms with Crippen molar-refractivity contribution in [1.82, 2.24) is 0 Å². The first kappa shape index (κ1) is 9.22. The van der Waals surface area contributed by atoms with Crippen molar-refractivity contribution in [2.75, 3.05) is 7.05 Å². The van der Waals surface area contributed by atoms with Gasteiger partial charge < -0.3 is 4.72 Å². The lowest BCUT2D eigenvalue weighted by Gasteiger charge is -2.13. The zero-order valence-corrected chi connectivity index (χ0v) is 7.80. The van der Waals surface area contributed by atoms with Crippen molar-refractivity contribution in [1.29, 1.82) is 0 Å². The van der Waals surface area contributed by atoms with Crippen molar-refractivity contribution in [2.45, 2.75) is 11.8 Å². The number of aryl methyl sites for hydroxylation is 1. The van der Waals surface area contributed by atoms with Gasteiger partial charge in [-0.05, 0) is 19.1 Å². The predicted molar refractivity (Wildman–Crippen MR) is 47.6 cm³/mol. The Morgan fingerprint density at radius 1 is 1.17 bits per heavy atom. The Morgan fingerprint density at radius 3 is 2.08 bits per heavy atom. The molecule has 0 fully saturated rings. The Kier molecular flexibility index (Phi) is 2.49. The molecular formula is C8H10NO2S-.